The monoisotopic (exact) mass is 233 g/mol. The zero-order chi connectivity index (χ0) is 10.7. The van der Waals surface area contributed by atoms with Crippen LogP contribution in [0.1, 0.15) is 13.8 Å². The van der Waals surface area contributed by atoms with Crippen molar-refractivity contribution in [3.05, 3.63) is 23.0 Å². The van der Waals surface area contributed by atoms with Gasteiger partial charge in [-0.3, -0.25) is 0 Å². The molecule has 1 nitrogen and oxygen atoms in total. The van der Waals surface area contributed by atoms with E-state index in [9.17, 15) is 4.39 Å². The van der Waals surface area contributed by atoms with Gasteiger partial charge in [-0.2, -0.15) is 0 Å². The standard InChI is InChI=1S/C10H13ClFNS/c1-6(2)5-14-10-3-7(11)8(12)4-9(10)13/h3-4,6H,5,13H2,1-2H3. The second-order valence-electron chi connectivity index (χ2n) is 3.51. The highest BCUT2D eigenvalue weighted by molar-refractivity contribution is 7.99. The molecular weight excluding hydrogens is 221 g/mol. The molecule has 0 saturated carbocycles. The first-order valence-electron chi connectivity index (χ1n) is 4.38. The fourth-order valence-corrected chi connectivity index (χ4v) is 2.09. The van der Waals surface area contributed by atoms with Crippen molar-refractivity contribution in [2.45, 2.75) is 18.7 Å². The molecule has 0 aromatic heterocycles. The van der Waals surface area contributed by atoms with E-state index in [2.05, 4.69) is 13.8 Å². The van der Waals surface area contributed by atoms with E-state index in [1.807, 2.05) is 0 Å². The third-order valence-electron chi connectivity index (χ3n) is 1.62. The van der Waals surface area contributed by atoms with Gasteiger partial charge in [0.25, 0.3) is 0 Å². The average molecular weight is 234 g/mol. The van der Waals surface area contributed by atoms with E-state index in [1.165, 1.54) is 6.07 Å². The number of halogens is 2. The highest BCUT2D eigenvalue weighted by Crippen LogP contribution is 2.31. The summed E-state index contributed by atoms with van der Waals surface area (Å²) in [6.07, 6.45) is 0. The highest BCUT2D eigenvalue weighted by atomic mass is 35.5. The van der Waals surface area contributed by atoms with Gasteiger partial charge in [0.1, 0.15) is 5.82 Å². The maximum absolute atomic E-state index is 12.9. The zero-order valence-electron chi connectivity index (χ0n) is 8.18. The first-order valence-corrected chi connectivity index (χ1v) is 5.74. The quantitative estimate of drug-likeness (QED) is 0.635. The summed E-state index contributed by atoms with van der Waals surface area (Å²) >= 11 is 7.26. The molecule has 0 spiro atoms. The van der Waals surface area contributed by atoms with Crippen molar-refractivity contribution in [1.29, 1.82) is 0 Å². The SMILES string of the molecule is CC(C)CSc1cc(Cl)c(F)cc1N. The average Bonchev–Trinajstić information content (AvgIpc) is 2.09. The molecule has 78 valence electrons. The van der Waals surface area contributed by atoms with Crippen LogP contribution in [0.4, 0.5) is 10.1 Å². The first kappa shape index (κ1) is 11.7. The molecule has 1 rings (SSSR count). The Kier molecular flexibility index (Phi) is 4.08. The molecule has 0 heterocycles. The van der Waals surface area contributed by atoms with Crippen LogP contribution in [0.25, 0.3) is 0 Å². The van der Waals surface area contributed by atoms with E-state index in [1.54, 1.807) is 17.8 Å². The number of anilines is 1. The molecule has 2 N–H and O–H groups in total. The van der Waals surface area contributed by atoms with Gasteiger partial charge in [0, 0.05) is 16.3 Å². The van der Waals surface area contributed by atoms with Crippen LogP contribution < -0.4 is 5.73 Å². The number of benzene rings is 1. The molecule has 14 heavy (non-hydrogen) atoms. The van der Waals surface area contributed by atoms with Crippen LogP contribution in [0.5, 0.6) is 0 Å². The molecule has 0 radical (unpaired) electrons. The van der Waals surface area contributed by atoms with Crippen LogP contribution in [0.15, 0.2) is 17.0 Å². The van der Waals surface area contributed by atoms with Crippen molar-refractivity contribution < 1.29 is 4.39 Å². The van der Waals surface area contributed by atoms with E-state index in [0.29, 0.717) is 11.6 Å². The molecule has 1 aromatic carbocycles. The van der Waals surface area contributed by atoms with E-state index in [4.69, 9.17) is 17.3 Å². The Balaban J connectivity index is 2.82. The van der Waals surface area contributed by atoms with Crippen molar-refractivity contribution in [3.8, 4) is 0 Å². The topological polar surface area (TPSA) is 26.0 Å². The van der Waals surface area contributed by atoms with Crippen LogP contribution >= 0.6 is 23.4 Å². The summed E-state index contributed by atoms with van der Waals surface area (Å²) in [7, 11) is 0. The molecule has 0 amide bonds. The van der Waals surface area contributed by atoms with Gasteiger partial charge in [0.15, 0.2) is 0 Å². The lowest BCUT2D eigenvalue weighted by Crippen LogP contribution is -1.95. The fourth-order valence-electron chi connectivity index (χ4n) is 0.925. The zero-order valence-corrected chi connectivity index (χ0v) is 9.75. The molecule has 1 aromatic rings. The van der Waals surface area contributed by atoms with E-state index < -0.39 is 5.82 Å². The Morgan fingerprint density at radius 2 is 2.14 bits per heavy atom. The van der Waals surface area contributed by atoms with Crippen molar-refractivity contribution in [2.75, 3.05) is 11.5 Å². The van der Waals surface area contributed by atoms with E-state index in [0.717, 1.165) is 10.6 Å². The van der Waals surface area contributed by atoms with Gasteiger partial charge in [-0.15, -0.1) is 11.8 Å². The molecular formula is C10H13ClFNS. The fraction of sp³-hybridized carbons (Fsp3) is 0.400. The van der Waals surface area contributed by atoms with Crippen LogP contribution in [-0.2, 0) is 0 Å². The molecule has 0 bridgehead atoms. The van der Waals surface area contributed by atoms with Crippen LogP contribution in [0, 0.1) is 11.7 Å². The van der Waals surface area contributed by atoms with Gasteiger partial charge in [-0.1, -0.05) is 25.4 Å². The van der Waals surface area contributed by atoms with Gasteiger partial charge in [0.2, 0.25) is 0 Å². The largest absolute Gasteiger partial charge is 0.398 e. The molecule has 0 aliphatic heterocycles. The second kappa shape index (κ2) is 4.89. The van der Waals surface area contributed by atoms with Crippen molar-refractivity contribution in [2.24, 2.45) is 5.92 Å². The number of nitrogen functional groups attached to an aromatic ring is 1. The normalized spacial score (nSPS) is 10.9. The molecule has 0 unspecified atom stereocenters. The van der Waals surface area contributed by atoms with Crippen molar-refractivity contribution >= 4 is 29.1 Å². The minimum atomic E-state index is -0.460. The smallest absolute Gasteiger partial charge is 0.143 e. The van der Waals surface area contributed by atoms with Gasteiger partial charge in [-0.05, 0) is 18.1 Å². The molecule has 0 atom stereocenters. The summed E-state index contributed by atoms with van der Waals surface area (Å²) in [4.78, 5) is 0.852. The summed E-state index contributed by atoms with van der Waals surface area (Å²) in [6.45, 7) is 4.24. The Morgan fingerprint density at radius 3 is 2.71 bits per heavy atom. The third-order valence-corrected chi connectivity index (χ3v) is 3.41. The second-order valence-corrected chi connectivity index (χ2v) is 4.98. The first-order chi connectivity index (χ1) is 6.50. The van der Waals surface area contributed by atoms with Crippen molar-refractivity contribution in [3.63, 3.8) is 0 Å². The summed E-state index contributed by atoms with van der Waals surface area (Å²) in [5.41, 5.74) is 6.11. The Labute approximate surface area is 92.8 Å². The lowest BCUT2D eigenvalue weighted by Gasteiger charge is -2.08. The molecule has 0 saturated heterocycles. The van der Waals surface area contributed by atoms with Crippen molar-refractivity contribution in [1.82, 2.24) is 0 Å². The number of rotatable bonds is 3. The minimum Gasteiger partial charge on any atom is -0.398 e. The van der Waals surface area contributed by atoms with E-state index >= 15 is 0 Å². The number of hydrogen-bond donors (Lipinski definition) is 1. The molecule has 4 heteroatoms. The Hall–Kier alpha value is -0.410. The molecule has 0 aliphatic carbocycles. The Morgan fingerprint density at radius 1 is 1.50 bits per heavy atom. The molecule has 0 aliphatic rings. The van der Waals surface area contributed by atoms with Gasteiger partial charge in [-0.25, -0.2) is 4.39 Å². The number of hydrogen-bond acceptors (Lipinski definition) is 2. The number of nitrogens with two attached hydrogens (primary N) is 1. The van der Waals surface area contributed by atoms with Gasteiger partial charge in [0.05, 0.1) is 5.02 Å². The molecule has 0 fully saturated rings. The third kappa shape index (κ3) is 3.07. The minimum absolute atomic E-state index is 0.130. The number of thioether (sulfide) groups is 1. The summed E-state index contributed by atoms with van der Waals surface area (Å²) in [6, 6.07) is 2.85. The summed E-state index contributed by atoms with van der Waals surface area (Å²) in [5.74, 6) is 1.06. The maximum atomic E-state index is 12.9. The van der Waals surface area contributed by atoms with Gasteiger partial charge < -0.3 is 5.73 Å². The lowest BCUT2D eigenvalue weighted by atomic mass is 10.3. The Bertz CT molecular complexity index is 328. The lowest BCUT2D eigenvalue weighted by molar-refractivity contribution is 0.628. The highest BCUT2D eigenvalue weighted by Gasteiger charge is 2.07. The van der Waals surface area contributed by atoms with Crippen LogP contribution in [-0.4, -0.2) is 5.75 Å². The van der Waals surface area contributed by atoms with Crippen LogP contribution in [0.3, 0.4) is 0 Å². The summed E-state index contributed by atoms with van der Waals surface area (Å²) < 4.78 is 12.9. The maximum Gasteiger partial charge on any atom is 0.143 e. The summed E-state index contributed by atoms with van der Waals surface area (Å²) in [5, 5.41) is 0.130. The van der Waals surface area contributed by atoms with Gasteiger partial charge >= 0.3 is 0 Å². The van der Waals surface area contributed by atoms with Crippen LogP contribution in [0.2, 0.25) is 5.02 Å². The predicted octanol–water partition coefficient (Wildman–Crippen LogP) is 3.81. The predicted molar refractivity (Wildman–Crippen MR) is 61.4 cm³/mol. The van der Waals surface area contributed by atoms with E-state index in [-0.39, 0.29) is 5.02 Å².